The number of allylic oxidation sites excluding steroid dienone is 3. The van der Waals surface area contributed by atoms with Crippen molar-refractivity contribution in [2.24, 2.45) is 5.92 Å². The first kappa shape index (κ1) is 22.6. The zero-order chi connectivity index (χ0) is 24.5. The minimum atomic E-state index is -0.0641. The van der Waals surface area contributed by atoms with E-state index in [4.69, 9.17) is 0 Å². The molecule has 0 spiro atoms. The Morgan fingerprint density at radius 1 is 0.629 bits per heavy atom. The van der Waals surface area contributed by atoms with E-state index in [1.54, 1.807) is 60.7 Å². The van der Waals surface area contributed by atoms with Crippen LogP contribution in [0.3, 0.4) is 0 Å². The van der Waals surface area contributed by atoms with Crippen LogP contribution in [0.4, 0.5) is 0 Å². The molecule has 0 saturated carbocycles. The first-order chi connectivity index (χ1) is 17.0. The molecule has 172 valence electrons. The lowest BCUT2D eigenvalue weighted by atomic mass is 9.71. The second kappa shape index (κ2) is 9.22. The standard InChI is InChI=1S/C17H16O2.C14H8O2/c1-2-6-11-7-5-10-14-15(11)17(19)13-9-4-3-8-12(13)16(14)18;15-13-9-5-1-2-6-10(9)14(16)12-8-4-3-7-11(12)13/h2-4,8-9,11H,1,5-7,10H2;1-8H. The van der Waals surface area contributed by atoms with Gasteiger partial charge in [-0.3, -0.25) is 19.2 Å². The van der Waals surface area contributed by atoms with Gasteiger partial charge in [0.1, 0.15) is 0 Å². The van der Waals surface area contributed by atoms with Crippen LogP contribution in [-0.2, 0) is 0 Å². The van der Waals surface area contributed by atoms with E-state index >= 15 is 0 Å². The van der Waals surface area contributed by atoms with Crippen molar-refractivity contribution < 1.29 is 19.2 Å². The predicted octanol–water partition coefficient (Wildman–Crippen LogP) is 6.20. The molecule has 0 saturated heterocycles. The molecule has 1 unspecified atom stereocenters. The molecule has 1 atom stereocenters. The van der Waals surface area contributed by atoms with Crippen LogP contribution in [0.2, 0.25) is 0 Å². The zero-order valence-electron chi connectivity index (χ0n) is 19.3. The topological polar surface area (TPSA) is 68.3 Å². The number of carbonyl (C=O) groups is 4. The number of ketones is 4. The fraction of sp³-hybridized carbons (Fsp3) is 0.161. The summed E-state index contributed by atoms with van der Waals surface area (Å²) in [5.41, 5.74) is 4.68. The van der Waals surface area contributed by atoms with Gasteiger partial charge < -0.3 is 0 Å². The Hall–Kier alpha value is -4.18. The molecule has 0 fully saturated rings. The SMILES string of the molecule is C=CCC1CCCC2=C1C(=O)c1ccccc1C2=O.O=C1c2ccccc2C(=O)c2ccccc21. The summed E-state index contributed by atoms with van der Waals surface area (Å²) in [6.45, 7) is 3.76. The van der Waals surface area contributed by atoms with Gasteiger partial charge in [0.25, 0.3) is 0 Å². The Balaban J connectivity index is 0.000000147. The Morgan fingerprint density at radius 3 is 1.46 bits per heavy atom. The summed E-state index contributed by atoms with van der Waals surface area (Å²) in [4.78, 5) is 49.4. The van der Waals surface area contributed by atoms with Crippen molar-refractivity contribution in [3.63, 3.8) is 0 Å². The van der Waals surface area contributed by atoms with Crippen molar-refractivity contribution in [1.29, 1.82) is 0 Å². The maximum absolute atomic E-state index is 12.6. The lowest BCUT2D eigenvalue weighted by Gasteiger charge is -2.30. The van der Waals surface area contributed by atoms with Crippen LogP contribution in [0.25, 0.3) is 0 Å². The number of carbonyl (C=O) groups excluding carboxylic acids is 4. The van der Waals surface area contributed by atoms with Crippen molar-refractivity contribution in [2.75, 3.05) is 0 Å². The predicted molar refractivity (Wildman–Crippen MR) is 134 cm³/mol. The molecule has 3 aromatic carbocycles. The van der Waals surface area contributed by atoms with Gasteiger partial charge in [-0.2, -0.15) is 0 Å². The van der Waals surface area contributed by atoms with E-state index in [2.05, 4.69) is 6.58 Å². The van der Waals surface area contributed by atoms with Gasteiger partial charge >= 0.3 is 0 Å². The highest BCUT2D eigenvalue weighted by atomic mass is 16.1. The smallest absolute Gasteiger partial charge is 0.194 e. The summed E-state index contributed by atoms with van der Waals surface area (Å²) in [7, 11) is 0. The fourth-order valence-corrected chi connectivity index (χ4v) is 5.28. The van der Waals surface area contributed by atoms with Gasteiger partial charge in [-0.05, 0) is 31.6 Å². The normalized spacial score (nSPS) is 18.0. The summed E-state index contributed by atoms with van der Waals surface area (Å²) >= 11 is 0. The summed E-state index contributed by atoms with van der Waals surface area (Å²) in [6, 6.07) is 21.1. The molecule has 0 amide bonds. The third kappa shape index (κ3) is 3.81. The van der Waals surface area contributed by atoms with Crippen LogP contribution < -0.4 is 0 Å². The van der Waals surface area contributed by atoms with Gasteiger partial charge in [0.15, 0.2) is 23.1 Å². The average Bonchev–Trinajstić information content (AvgIpc) is 2.91. The lowest BCUT2D eigenvalue weighted by molar-refractivity contribution is 0.0955. The zero-order valence-corrected chi connectivity index (χ0v) is 19.3. The quantitative estimate of drug-likeness (QED) is 0.334. The molecule has 0 radical (unpaired) electrons. The second-order valence-electron chi connectivity index (χ2n) is 8.96. The monoisotopic (exact) mass is 460 g/mol. The highest BCUT2D eigenvalue weighted by Gasteiger charge is 2.37. The molecule has 4 nitrogen and oxygen atoms in total. The lowest BCUT2D eigenvalue weighted by Crippen LogP contribution is -2.28. The van der Waals surface area contributed by atoms with E-state index in [1.807, 2.05) is 18.2 Å². The summed E-state index contributed by atoms with van der Waals surface area (Å²) in [6.07, 6.45) is 5.32. The number of Topliss-reactive ketones (excluding diaryl/α,β-unsaturated/α-hetero) is 2. The maximum atomic E-state index is 12.6. The molecule has 4 heteroatoms. The van der Waals surface area contributed by atoms with Crippen LogP contribution >= 0.6 is 0 Å². The molecule has 0 N–H and O–H groups in total. The van der Waals surface area contributed by atoms with Crippen molar-refractivity contribution in [2.45, 2.75) is 25.7 Å². The Labute approximate surface area is 204 Å². The van der Waals surface area contributed by atoms with E-state index in [1.165, 1.54) is 0 Å². The average molecular weight is 461 g/mol. The molecule has 0 aliphatic heterocycles. The second-order valence-corrected chi connectivity index (χ2v) is 8.96. The van der Waals surface area contributed by atoms with Crippen LogP contribution in [0.1, 0.15) is 78.2 Å². The van der Waals surface area contributed by atoms with Crippen LogP contribution in [0.15, 0.2) is 96.6 Å². The molecule has 3 aliphatic rings. The molecule has 3 aromatic rings. The summed E-state index contributed by atoms with van der Waals surface area (Å²) < 4.78 is 0. The van der Waals surface area contributed by atoms with E-state index in [0.29, 0.717) is 33.4 Å². The van der Waals surface area contributed by atoms with Crippen LogP contribution in [0.5, 0.6) is 0 Å². The van der Waals surface area contributed by atoms with Crippen molar-refractivity contribution in [1.82, 2.24) is 0 Å². The largest absolute Gasteiger partial charge is 0.289 e. The number of fused-ring (bicyclic) bond motifs is 3. The molecular formula is C31H24O4. The summed E-state index contributed by atoms with van der Waals surface area (Å²) in [5, 5.41) is 0. The molecule has 35 heavy (non-hydrogen) atoms. The molecule has 6 rings (SSSR count). The minimum absolute atomic E-state index is 0.0525. The van der Waals surface area contributed by atoms with Gasteiger partial charge in [-0.1, -0.05) is 78.9 Å². The summed E-state index contributed by atoms with van der Waals surface area (Å²) in [5.74, 6) is 0.151. The van der Waals surface area contributed by atoms with E-state index < -0.39 is 0 Å². The van der Waals surface area contributed by atoms with Crippen LogP contribution in [0, 0.1) is 5.92 Å². The van der Waals surface area contributed by atoms with Gasteiger partial charge in [-0.15, -0.1) is 6.58 Å². The Bertz CT molecular complexity index is 1330. The molecule has 3 aliphatic carbocycles. The van der Waals surface area contributed by atoms with Crippen molar-refractivity contribution in [3.8, 4) is 0 Å². The minimum Gasteiger partial charge on any atom is -0.289 e. The number of hydrogen-bond acceptors (Lipinski definition) is 4. The fourth-order valence-electron chi connectivity index (χ4n) is 5.28. The van der Waals surface area contributed by atoms with E-state index in [-0.39, 0.29) is 29.1 Å². The highest BCUT2D eigenvalue weighted by Crippen LogP contribution is 2.39. The molecular weight excluding hydrogens is 436 g/mol. The van der Waals surface area contributed by atoms with Gasteiger partial charge in [0.2, 0.25) is 0 Å². The van der Waals surface area contributed by atoms with Crippen molar-refractivity contribution in [3.05, 3.63) is 130 Å². The molecule has 0 bridgehead atoms. The molecule has 0 heterocycles. The number of hydrogen-bond donors (Lipinski definition) is 0. The first-order valence-electron chi connectivity index (χ1n) is 11.8. The molecule has 0 aromatic heterocycles. The Kier molecular flexibility index (Phi) is 5.96. The van der Waals surface area contributed by atoms with Gasteiger partial charge in [0, 0.05) is 44.5 Å². The number of rotatable bonds is 2. The van der Waals surface area contributed by atoms with Gasteiger partial charge in [-0.25, -0.2) is 0 Å². The van der Waals surface area contributed by atoms with Gasteiger partial charge in [0.05, 0.1) is 0 Å². The first-order valence-corrected chi connectivity index (χ1v) is 11.8. The third-order valence-electron chi connectivity index (χ3n) is 6.93. The maximum Gasteiger partial charge on any atom is 0.194 e. The third-order valence-corrected chi connectivity index (χ3v) is 6.93. The Morgan fingerprint density at radius 2 is 1.03 bits per heavy atom. The van der Waals surface area contributed by atoms with E-state index in [0.717, 1.165) is 36.8 Å². The number of benzene rings is 3. The highest BCUT2D eigenvalue weighted by molar-refractivity contribution is 6.28. The van der Waals surface area contributed by atoms with Crippen LogP contribution in [-0.4, -0.2) is 23.1 Å². The van der Waals surface area contributed by atoms with Crippen molar-refractivity contribution >= 4 is 23.1 Å². The van der Waals surface area contributed by atoms with E-state index in [9.17, 15) is 19.2 Å².